The van der Waals surface area contributed by atoms with Gasteiger partial charge in [-0.2, -0.15) is 0 Å². The van der Waals surface area contributed by atoms with Crippen molar-refractivity contribution in [3.8, 4) is 5.75 Å². The summed E-state index contributed by atoms with van der Waals surface area (Å²) in [6, 6.07) is 4.80. The number of hydrogen-bond acceptors (Lipinski definition) is 8. The van der Waals surface area contributed by atoms with Crippen LogP contribution in [0.1, 0.15) is 39.4 Å². The number of anilines is 1. The number of aromatic nitrogens is 2. The van der Waals surface area contributed by atoms with Crippen LogP contribution >= 0.6 is 11.3 Å². The SMILES string of the molecule is Cc1c(C(=O)OCC(C)C)sc2ncn(CC(=O)c3ccc4c(c3)N(C)C(=O)CO4)c(=O)c12. The molecule has 0 radical (unpaired) electrons. The Morgan fingerprint density at radius 2 is 2.03 bits per heavy atom. The van der Waals surface area contributed by atoms with Crippen LogP contribution in [0, 0.1) is 12.8 Å². The molecule has 3 heterocycles. The number of carbonyl (C=O) groups is 3. The average Bonchev–Trinajstić information content (AvgIpc) is 3.13. The van der Waals surface area contributed by atoms with Gasteiger partial charge in [0, 0.05) is 12.6 Å². The number of carbonyl (C=O) groups excluding carboxylic acids is 3. The zero-order chi connectivity index (χ0) is 23.9. The molecular formula is C23H23N3O6S. The lowest BCUT2D eigenvalue weighted by Crippen LogP contribution is -2.35. The molecule has 0 spiro atoms. The molecule has 0 N–H and O–H groups in total. The molecule has 3 aromatic rings. The molecule has 0 unspecified atom stereocenters. The van der Waals surface area contributed by atoms with Crippen LogP contribution < -0.4 is 15.2 Å². The summed E-state index contributed by atoms with van der Waals surface area (Å²) in [5.74, 6) is -0.315. The number of hydrogen-bond donors (Lipinski definition) is 0. The molecule has 0 aliphatic carbocycles. The standard InChI is InChI=1S/C23H23N3O6S/c1-12(2)9-32-23(30)20-13(3)19-21(33-20)24-11-26(22(19)29)8-16(27)14-5-6-17-15(7-14)25(4)18(28)10-31-17/h5-7,11-12H,8-10H2,1-4H3. The second-order valence-corrected chi connectivity index (χ2v) is 9.25. The van der Waals surface area contributed by atoms with Crippen molar-refractivity contribution in [2.24, 2.45) is 5.92 Å². The third-order valence-corrected chi connectivity index (χ3v) is 6.51. The summed E-state index contributed by atoms with van der Waals surface area (Å²) >= 11 is 1.10. The van der Waals surface area contributed by atoms with Crippen LogP contribution in [0.25, 0.3) is 10.2 Å². The lowest BCUT2D eigenvalue weighted by atomic mass is 10.1. The molecule has 0 bridgehead atoms. The highest BCUT2D eigenvalue weighted by atomic mass is 32.1. The second kappa shape index (κ2) is 8.78. The van der Waals surface area contributed by atoms with Gasteiger partial charge < -0.3 is 14.4 Å². The van der Waals surface area contributed by atoms with Gasteiger partial charge in [-0.25, -0.2) is 9.78 Å². The van der Waals surface area contributed by atoms with E-state index in [9.17, 15) is 19.2 Å². The number of ketones is 1. The van der Waals surface area contributed by atoms with Gasteiger partial charge in [0.1, 0.15) is 15.5 Å². The van der Waals surface area contributed by atoms with Crippen molar-refractivity contribution in [2.75, 3.05) is 25.2 Å². The van der Waals surface area contributed by atoms with Crippen molar-refractivity contribution < 1.29 is 23.9 Å². The third kappa shape index (κ3) is 4.25. The smallest absolute Gasteiger partial charge is 0.348 e. The molecule has 172 valence electrons. The molecule has 4 rings (SSSR count). The van der Waals surface area contributed by atoms with Gasteiger partial charge in [-0.05, 0) is 36.6 Å². The maximum atomic E-state index is 13.1. The number of esters is 1. The predicted octanol–water partition coefficient (Wildman–Crippen LogP) is 2.82. The van der Waals surface area contributed by atoms with Crippen LogP contribution in [0.4, 0.5) is 5.69 Å². The van der Waals surface area contributed by atoms with Crippen LogP contribution in [0.5, 0.6) is 5.75 Å². The number of benzene rings is 1. The minimum atomic E-state index is -0.485. The number of fused-ring (bicyclic) bond motifs is 2. The van der Waals surface area contributed by atoms with Gasteiger partial charge in [0.15, 0.2) is 12.4 Å². The summed E-state index contributed by atoms with van der Waals surface area (Å²) in [5, 5.41) is 0.302. The minimum absolute atomic E-state index is 0.0507. The number of amides is 1. The molecule has 0 saturated heterocycles. The lowest BCUT2D eigenvalue weighted by Gasteiger charge is -2.26. The molecule has 1 aliphatic heterocycles. The fourth-order valence-electron chi connectivity index (χ4n) is 3.47. The molecule has 9 nitrogen and oxygen atoms in total. The van der Waals surface area contributed by atoms with Crippen LogP contribution in [-0.4, -0.2) is 47.5 Å². The van der Waals surface area contributed by atoms with E-state index in [0.29, 0.717) is 37.7 Å². The van der Waals surface area contributed by atoms with Gasteiger partial charge in [0.25, 0.3) is 11.5 Å². The Labute approximate surface area is 193 Å². The molecule has 2 aromatic heterocycles. The first-order chi connectivity index (χ1) is 15.7. The van der Waals surface area contributed by atoms with Crippen molar-refractivity contribution in [1.82, 2.24) is 9.55 Å². The molecule has 33 heavy (non-hydrogen) atoms. The van der Waals surface area contributed by atoms with Gasteiger partial charge in [-0.15, -0.1) is 11.3 Å². The predicted molar refractivity (Wildman–Crippen MR) is 123 cm³/mol. The van der Waals surface area contributed by atoms with E-state index in [0.717, 1.165) is 11.3 Å². The topological polar surface area (TPSA) is 108 Å². The maximum Gasteiger partial charge on any atom is 0.348 e. The van der Waals surface area contributed by atoms with E-state index in [-0.39, 0.29) is 37.4 Å². The zero-order valence-electron chi connectivity index (χ0n) is 18.7. The Bertz CT molecular complexity index is 1340. The Balaban J connectivity index is 1.62. The van der Waals surface area contributed by atoms with E-state index in [2.05, 4.69) is 4.98 Å². The highest BCUT2D eigenvalue weighted by molar-refractivity contribution is 7.20. The lowest BCUT2D eigenvalue weighted by molar-refractivity contribution is -0.121. The van der Waals surface area contributed by atoms with E-state index < -0.39 is 11.5 Å². The van der Waals surface area contributed by atoms with Crippen molar-refractivity contribution >= 4 is 44.9 Å². The molecule has 10 heteroatoms. The van der Waals surface area contributed by atoms with Gasteiger partial charge in [-0.1, -0.05) is 13.8 Å². The number of rotatable bonds is 6. The van der Waals surface area contributed by atoms with E-state index in [1.165, 1.54) is 15.8 Å². The van der Waals surface area contributed by atoms with Crippen molar-refractivity contribution in [1.29, 1.82) is 0 Å². The summed E-state index contributed by atoms with van der Waals surface area (Å²) < 4.78 is 11.9. The molecule has 0 atom stereocenters. The largest absolute Gasteiger partial charge is 0.482 e. The zero-order valence-corrected chi connectivity index (χ0v) is 19.5. The molecule has 1 aromatic carbocycles. The van der Waals surface area contributed by atoms with Gasteiger partial charge >= 0.3 is 5.97 Å². The van der Waals surface area contributed by atoms with Crippen molar-refractivity contribution in [2.45, 2.75) is 27.3 Å². The summed E-state index contributed by atoms with van der Waals surface area (Å²) in [5.41, 5.74) is 0.926. The fraction of sp³-hybridized carbons (Fsp3) is 0.348. The first kappa shape index (κ1) is 22.7. The highest BCUT2D eigenvalue weighted by Gasteiger charge is 2.24. The highest BCUT2D eigenvalue weighted by Crippen LogP contribution is 2.32. The molecule has 0 fully saturated rings. The number of ether oxygens (including phenoxy) is 2. The third-order valence-electron chi connectivity index (χ3n) is 5.33. The second-order valence-electron chi connectivity index (χ2n) is 8.25. The molecular weight excluding hydrogens is 446 g/mol. The Morgan fingerprint density at radius 3 is 2.76 bits per heavy atom. The van der Waals surface area contributed by atoms with E-state index in [1.54, 1.807) is 32.2 Å². The molecule has 0 saturated carbocycles. The summed E-state index contributed by atoms with van der Waals surface area (Å²) in [6.07, 6.45) is 1.30. The number of aryl methyl sites for hydroxylation is 1. The maximum absolute atomic E-state index is 13.1. The fourth-order valence-corrected chi connectivity index (χ4v) is 4.50. The van der Waals surface area contributed by atoms with Crippen LogP contribution in [0.3, 0.4) is 0 Å². The first-order valence-corrected chi connectivity index (χ1v) is 11.2. The van der Waals surface area contributed by atoms with Crippen LogP contribution in [0.2, 0.25) is 0 Å². The number of nitrogens with zero attached hydrogens (tertiary/aromatic N) is 3. The molecule has 1 aliphatic rings. The van der Waals surface area contributed by atoms with Gasteiger partial charge in [0.05, 0.1) is 30.6 Å². The minimum Gasteiger partial charge on any atom is -0.482 e. The van der Waals surface area contributed by atoms with Crippen molar-refractivity contribution in [3.63, 3.8) is 0 Å². The van der Waals surface area contributed by atoms with E-state index in [1.807, 2.05) is 13.8 Å². The number of thiophene rings is 1. The van der Waals surface area contributed by atoms with Crippen LogP contribution in [0.15, 0.2) is 29.3 Å². The van der Waals surface area contributed by atoms with E-state index in [4.69, 9.17) is 9.47 Å². The number of likely N-dealkylation sites (N-methyl/N-ethyl adjacent to an activating group) is 1. The molecule has 1 amide bonds. The van der Waals surface area contributed by atoms with Gasteiger partial charge in [-0.3, -0.25) is 19.0 Å². The summed E-state index contributed by atoms with van der Waals surface area (Å²) in [7, 11) is 1.61. The normalized spacial score (nSPS) is 13.2. The van der Waals surface area contributed by atoms with Crippen LogP contribution in [-0.2, 0) is 16.1 Å². The first-order valence-electron chi connectivity index (χ1n) is 10.4. The Hall–Kier alpha value is -3.53. The van der Waals surface area contributed by atoms with Gasteiger partial charge in [0.2, 0.25) is 0 Å². The quantitative estimate of drug-likeness (QED) is 0.403. The van der Waals surface area contributed by atoms with Crippen molar-refractivity contribution in [3.05, 3.63) is 50.9 Å². The Kier molecular flexibility index (Phi) is 6.03. The van der Waals surface area contributed by atoms with E-state index >= 15 is 0 Å². The summed E-state index contributed by atoms with van der Waals surface area (Å²) in [4.78, 5) is 56.8. The monoisotopic (exact) mass is 469 g/mol. The summed E-state index contributed by atoms with van der Waals surface area (Å²) in [6.45, 7) is 5.55. The number of Topliss-reactive ketones (excluding diaryl/α,β-unsaturated/α-hetero) is 1. The Morgan fingerprint density at radius 1 is 1.27 bits per heavy atom. The average molecular weight is 470 g/mol.